The van der Waals surface area contributed by atoms with Gasteiger partial charge in [0.15, 0.2) is 0 Å². The predicted octanol–water partition coefficient (Wildman–Crippen LogP) is 1.51. The Bertz CT molecular complexity index is 91.1. The summed E-state index contributed by atoms with van der Waals surface area (Å²) in [7, 11) is 0. The monoisotopic (exact) mass is 153 g/mol. The van der Waals surface area contributed by atoms with Gasteiger partial charge < -0.3 is 5.73 Å². The molecule has 0 spiro atoms. The molecule has 0 amide bonds. The Labute approximate surface area is 61.2 Å². The van der Waals surface area contributed by atoms with Gasteiger partial charge in [0.25, 0.3) is 0 Å². The summed E-state index contributed by atoms with van der Waals surface area (Å²) in [6, 6.07) is 0. The molecule has 1 rings (SSSR count). The van der Waals surface area contributed by atoms with Gasteiger partial charge in [0.1, 0.15) is 5.67 Å². The summed E-state index contributed by atoms with van der Waals surface area (Å²) in [5.41, 5.74) is 4.17. The van der Waals surface area contributed by atoms with Gasteiger partial charge in [-0.05, 0) is 18.8 Å². The second kappa shape index (κ2) is 2.84. The van der Waals surface area contributed by atoms with Crippen molar-refractivity contribution in [2.75, 3.05) is 6.54 Å². The van der Waals surface area contributed by atoms with E-state index in [-0.39, 0.29) is 19.0 Å². The molecule has 2 N–H and O–H groups in total. The molecule has 0 saturated heterocycles. The fourth-order valence-electron chi connectivity index (χ4n) is 1.36. The van der Waals surface area contributed by atoms with Crippen molar-refractivity contribution in [3.63, 3.8) is 0 Å². The van der Waals surface area contributed by atoms with E-state index < -0.39 is 5.67 Å². The van der Waals surface area contributed by atoms with E-state index in [0.717, 1.165) is 0 Å². The molecule has 0 bridgehead atoms. The van der Waals surface area contributed by atoms with Crippen LogP contribution in [0.5, 0.6) is 0 Å². The van der Waals surface area contributed by atoms with Crippen LogP contribution in [-0.4, -0.2) is 12.2 Å². The van der Waals surface area contributed by atoms with Crippen molar-refractivity contribution in [2.45, 2.75) is 25.4 Å². The normalized spacial score (nSPS) is 41.0. The third-order valence-electron chi connectivity index (χ3n) is 1.79. The predicted molar refractivity (Wildman–Crippen MR) is 38.5 cm³/mol. The number of alkyl halides is 1. The van der Waals surface area contributed by atoms with Crippen LogP contribution in [0.25, 0.3) is 0 Å². The zero-order valence-electron chi connectivity index (χ0n) is 5.56. The van der Waals surface area contributed by atoms with Gasteiger partial charge in [0.05, 0.1) is 0 Å². The van der Waals surface area contributed by atoms with Crippen LogP contribution < -0.4 is 5.73 Å². The molecule has 0 heterocycles. The summed E-state index contributed by atoms with van der Waals surface area (Å²) >= 11 is 0. The van der Waals surface area contributed by atoms with Gasteiger partial charge in [0.2, 0.25) is 0 Å². The van der Waals surface area contributed by atoms with Gasteiger partial charge in [-0.3, -0.25) is 0 Å². The molecule has 0 unspecified atom stereocenters. The molecule has 1 saturated carbocycles. The third-order valence-corrected chi connectivity index (χ3v) is 1.79. The minimum atomic E-state index is -0.987. The van der Waals surface area contributed by atoms with E-state index in [4.69, 9.17) is 5.73 Å². The fourth-order valence-corrected chi connectivity index (χ4v) is 1.36. The molecule has 0 radical (unpaired) electrons. The van der Waals surface area contributed by atoms with Gasteiger partial charge in [-0.2, -0.15) is 0 Å². The Morgan fingerprint density at radius 3 is 2.22 bits per heavy atom. The lowest BCUT2D eigenvalue weighted by atomic mass is 9.73. The number of hydrogen-bond donors (Lipinski definition) is 1. The molecular weight excluding hydrogens is 141 g/mol. The van der Waals surface area contributed by atoms with Crippen LogP contribution in [0.3, 0.4) is 0 Å². The quantitative estimate of drug-likeness (QED) is 0.607. The average molecular weight is 154 g/mol. The summed E-state index contributed by atoms with van der Waals surface area (Å²) in [5.74, 6) is 0.559. The summed E-state index contributed by atoms with van der Waals surface area (Å²) in [6.07, 6.45) is 1.34. The Kier molecular flexibility index (Phi) is 2.90. The molecule has 56 valence electrons. The zero-order valence-corrected chi connectivity index (χ0v) is 6.38. The summed E-state index contributed by atoms with van der Waals surface area (Å²) in [4.78, 5) is 0. The average Bonchev–Trinajstić information content (AvgIpc) is 1.63. The van der Waals surface area contributed by atoms with E-state index in [2.05, 4.69) is 0 Å². The minimum absolute atomic E-state index is 0. The second-order valence-electron chi connectivity index (χ2n) is 2.87. The Morgan fingerprint density at radius 2 is 2.11 bits per heavy atom. The number of halogens is 2. The maximum atomic E-state index is 12.8. The van der Waals surface area contributed by atoms with Crippen molar-refractivity contribution < 1.29 is 4.39 Å². The van der Waals surface area contributed by atoms with Crippen molar-refractivity contribution in [3.8, 4) is 0 Å². The third kappa shape index (κ3) is 1.80. The first-order valence-electron chi connectivity index (χ1n) is 3.05. The molecule has 0 aromatic rings. The first-order chi connectivity index (χ1) is 3.66. The lowest BCUT2D eigenvalue weighted by molar-refractivity contribution is 0.0246. The molecular formula is C6H13ClFN. The fraction of sp³-hybridized carbons (Fsp3) is 1.00. The molecule has 1 fully saturated rings. The topological polar surface area (TPSA) is 26.0 Å². The number of rotatable bonds is 1. The Morgan fingerprint density at radius 1 is 1.67 bits per heavy atom. The zero-order chi connectivity index (χ0) is 6.20. The van der Waals surface area contributed by atoms with Crippen LogP contribution in [0.4, 0.5) is 4.39 Å². The molecule has 1 aliphatic rings. The highest BCUT2D eigenvalue weighted by Gasteiger charge is 2.40. The van der Waals surface area contributed by atoms with Crippen LogP contribution >= 0.6 is 12.4 Å². The molecule has 1 nitrogen and oxygen atoms in total. The molecule has 9 heavy (non-hydrogen) atoms. The lowest BCUT2D eigenvalue weighted by Crippen LogP contribution is -2.44. The van der Waals surface area contributed by atoms with Gasteiger partial charge in [-0.15, -0.1) is 12.4 Å². The van der Waals surface area contributed by atoms with Crippen molar-refractivity contribution in [1.29, 1.82) is 0 Å². The van der Waals surface area contributed by atoms with Crippen molar-refractivity contribution >= 4 is 12.4 Å². The maximum absolute atomic E-state index is 12.8. The number of nitrogens with two attached hydrogens (primary N) is 1. The van der Waals surface area contributed by atoms with Crippen molar-refractivity contribution in [2.24, 2.45) is 11.7 Å². The molecule has 0 aromatic heterocycles. The summed E-state index contributed by atoms with van der Waals surface area (Å²) in [6.45, 7) is 2.25. The number of hydrogen-bond acceptors (Lipinski definition) is 1. The first-order valence-corrected chi connectivity index (χ1v) is 3.05. The van der Waals surface area contributed by atoms with Gasteiger partial charge in [-0.1, -0.05) is 6.92 Å². The van der Waals surface area contributed by atoms with Crippen molar-refractivity contribution in [1.82, 2.24) is 0 Å². The van der Waals surface area contributed by atoms with Crippen LogP contribution in [-0.2, 0) is 0 Å². The standard InChI is InChI=1S/C6H12FN.ClH/c1-5-2-6(7,3-5)4-8;/h5H,2-4,8H2,1H3;1H. The van der Waals surface area contributed by atoms with Crippen LogP contribution in [0.1, 0.15) is 19.8 Å². The van der Waals surface area contributed by atoms with Crippen LogP contribution in [0, 0.1) is 5.92 Å². The largest absolute Gasteiger partial charge is 0.328 e. The summed E-state index contributed by atoms with van der Waals surface area (Å²) in [5, 5.41) is 0. The molecule has 0 aliphatic heterocycles. The highest BCUT2D eigenvalue weighted by Crippen LogP contribution is 2.39. The molecule has 1 aliphatic carbocycles. The van der Waals surface area contributed by atoms with Crippen LogP contribution in [0.2, 0.25) is 0 Å². The smallest absolute Gasteiger partial charge is 0.123 e. The van der Waals surface area contributed by atoms with Gasteiger partial charge in [0, 0.05) is 6.54 Å². The van der Waals surface area contributed by atoms with E-state index in [1.807, 2.05) is 6.92 Å². The van der Waals surface area contributed by atoms with E-state index in [1.54, 1.807) is 0 Å². The van der Waals surface area contributed by atoms with E-state index in [1.165, 1.54) is 0 Å². The Hall–Kier alpha value is 0.180. The second-order valence-corrected chi connectivity index (χ2v) is 2.87. The molecule has 0 atom stereocenters. The lowest BCUT2D eigenvalue weighted by Gasteiger charge is -2.38. The first kappa shape index (κ1) is 9.18. The summed E-state index contributed by atoms with van der Waals surface area (Å²) < 4.78 is 12.8. The molecule has 3 heteroatoms. The van der Waals surface area contributed by atoms with E-state index in [9.17, 15) is 4.39 Å². The highest BCUT2D eigenvalue weighted by molar-refractivity contribution is 5.85. The van der Waals surface area contributed by atoms with E-state index >= 15 is 0 Å². The Balaban J connectivity index is 0.000000640. The van der Waals surface area contributed by atoms with E-state index in [0.29, 0.717) is 18.8 Å². The molecule has 0 aromatic carbocycles. The SMILES string of the molecule is CC1CC(F)(CN)C1.Cl. The minimum Gasteiger partial charge on any atom is -0.328 e. The van der Waals surface area contributed by atoms with Crippen LogP contribution in [0.15, 0.2) is 0 Å². The van der Waals surface area contributed by atoms with Gasteiger partial charge in [-0.25, -0.2) is 4.39 Å². The maximum Gasteiger partial charge on any atom is 0.123 e. The van der Waals surface area contributed by atoms with Gasteiger partial charge >= 0.3 is 0 Å². The highest BCUT2D eigenvalue weighted by atomic mass is 35.5. The van der Waals surface area contributed by atoms with Crippen molar-refractivity contribution in [3.05, 3.63) is 0 Å².